The van der Waals surface area contributed by atoms with Crippen LogP contribution in [0.5, 0.6) is 5.75 Å². The molecule has 1 aromatic rings. The van der Waals surface area contributed by atoms with Gasteiger partial charge < -0.3 is 14.4 Å². The van der Waals surface area contributed by atoms with Crippen molar-refractivity contribution in [1.29, 1.82) is 0 Å². The van der Waals surface area contributed by atoms with Gasteiger partial charge in [0.05, 0.1) is 19.1 Å². The fraction of sp³-hybridized carbons (Fsp3) is 0.588. The van der Waals surface area contributed by atoms with Crippen LogP contribution in [0.1, 0.15) is 26.2 Å². The van der Waals surface area contributed by atoms with E-state index >= 15 is 0 Å². The van der Waals surface area contributed by atoms with Crippen LogP contribution in [0.25, 0.3) is 0 Å². The van der Waals surface area contributed by atoms with Gasteiger partial charge in [0.15, 0.2) is 0 Å². The van der Waals surface area contributed by atoms with Gasteiger partial charge >= 0.3 is 5.97 Å². The van der Waals surface area contributed by atoms with E-state index in [-0.39, 0.29) is 17.7 Å². The molecule has 0 aromatic heterocycles. The van der Waals surface area contributed by atoms with Crippen LogP contribution in [0.2, 0.25) is 0 Å². The third-order valence-electron chi connectivity index (χ3n) is 3.83. The number of likely N-dealkylation sites (tertiary alicyclic amines) is 1. The summed E-state index contributed by atoms with van der Waals surface area (Å²) in [5, 5.41) is 0. The highest BCUT2D eigenvalue weighted by Crippen LogP contribution is 2.18. The summed E-state index contributed by atoms with van der Waals surface area (Å²) in [7, 11) is 0. The standard InChI is InChI=1S/C17H24FNO3/c1-2-21-17(20)14-5-3-10-19(13-14)11-4-12-22-16-8-6-15(18)7-9-16/h6-9,14H,2-5,10-13H2,1H3. The van der Waals surface area contributed by atoms with Gasteiger partial charge in [0.2, 0.25) is 0 Å². The predicted molar refractivity (Wildman–Crippen MR) is 82.3 cm³/mol. The quantitative estimate of drug-likeness (QED) is 0.573. The third-order valence-corrected chi connectivity index (χ3v) is 3.83. The third kappa shape index (κ3) is 5.30. The number of nitrogens with zero attached hydrogens (tertiary/aromatic N) is 1. The molecule has 1 saturated heterocycles. The van der Waals surface area contributed by atoms with Crippen LogP contribution < -0.4 is 4.74 Å². The zero-order valence-electron chi connectivity index (χ0n) is 13.1. The molecule has 0 radical (unpaired) electrons. The van der Waals surface area contributed by atoms with Crippen LogP contribution in [0.15, 0.2) is 24.3 Å². The van der Waals surface area contributed by atoms with Gasteiger partial charge in [-0.3, -0.25) is 4.79 Å². The summed E-state index contributed by atoms with van der Waals surface area (Å²) >= 11 is 0. The normalized spacial score (nSPS) is 18.9. The van der Waals surface area contributed by atoms with Crippen LogP contribution in [0.4, 0.5) is 4.39 Å². The summed E-state index contributed by atoms with van der Waals surface area (Å²) in [5.74, 6) is 0.358. The number of carbonyl (C=O) groups excluding carboxylic acids is 1. The Morgan fingerprint density at radius 2 is 2.14 bits per heavy atom. The fourth-order valence-corrected chi connectivity index (χ4v) is 2.72. The second-order valence-corrected chi connectivity index (χ2v) is 5.55. The minimum Gasteiger partial charge on any atom is -0.494 e. The Bertz CT molecular complexity index is 463. The van der Waals surface area contributed by atoms with Crippen LogP contribution in [0, 0.1) is 11.7 Å². The van der Waals surface area contributed by atoms with E-state index in [1.54, 1.807) is 12.1 Å². The molecule has 5 heteroatoms. The predicted octanol–water partition coefficient (Wildman–Crippen LogP) is 2.87. The lowest BCUT2D eigenvalue weighted by molar-refractivity contribution is -0.149. The van der Waals surface area contributed by atoms with E-state index in [9.17, 15) is 9.18 Å². The summed E-state index contributed by atoms with van der Waals surface area (Å²) in [4.78, 5) is 14.1. The zero-order chi connectivity index (χ0) is 15.8. The summed E-state index contributed by atoms with van der Waals surface area (Å²) in [6.07, 6.45) is 2.83. The average molecular weight is 309 g/mol. The van der Waals surface area contributed by atoms with Crippen molar-refractivity contribution in [1.82, 2.24) is 4.90 Å². The number of esters is 1. The van der Waals surface area contributed by atoms with Crippen molar-refractivity contribution >= 4 is 5.97 Å². The highest BCUT2D eigenvalue weighted by molar-refractivity contribution is 5.72. The Labute approximate surface area is 131 Å². The number of piperidine rings is 1. The van der Waals surface area contributed by atoms with E-state index < -0.39 is 0 Å². The molecule has 1 aromatic carbocycles. The van der Waals surface area contributed by atoms with E-state index in [2.05, 4.69) is 4.90 Å². The molecule has 22 heavy (non-hydrogen) atoms. The summed E-state index contributed by atoms with van der Waals surface area (Å²) in [5.41, 5.74) is 0. The molecule has 1 atom stereocenters. The summed E-state index contributed by atoms with van der Waals surface area (Å²) < 4.78 is 23.5. The first-order valence-electron chi connectivity index (χ1n) is 7.96. The first-order chi connectivity index (χ1) is 10.7. The van der Waals surface area contributed by atoms with Crippen molar-refractivity contribution < 1.29 is 18.7 Å². The first kappa shape index (κ1) is 16.7. The lowest BCUT2D eigenvalue weighted by Gasteiger charge is -2.31. The fourth-order valence-electron chi connectivity index (χ4n) is 2.72. The van der Waals surface area contributed by atoms with E-state index in [1.165, 1.54) is 12.1 Å². The number of halogens is 1. The van der Waals surface area contributed by atoms with Gasteiger partial charge in [-0.05, 0) is 57.0 Å². The molecule has 1 aliphatic heterocycles. The smallest absolute Gasteiger partial charge is 0.310 e. The second kappa shape index (κ2) is 8.73. The number of ether oxygens (including phenoxy) is 2. The van der Waals surface area contributed by atoms with E-state index in [4.69, 9.17) is 9.47 Å². The second-order valence-electron chi connectivity index (χ2n) is 5.55. The molecular formula is C17H24FNO3. The average Bonchev–Trinajstić information content (AvgIpc) is 2.54. The molecule has 1 heterocycles. The molecule has 122 valence electrons. The lowest BCUT2D eigenvalue weighted by Crippen LogP contribution is -2.40. The van der Waals surface area contributed by atoms with Gasteiger partial charge in [-0.25, -0.2) is 4.39 Å². The van der Waals surface area contributed by atoms with Gasteiger partial charge in [0.1, 0.15) is 11.6 Å². The molecule has 0 N–H and O–H groups in total. The van der Waals surface area contributed by atoms with Gasteiger partial charge in [-0.15, -0.1) is 0 Å². The topological polar surface area (TPSA) is 38.8 Å². The van der Waals surface area contributed by atoms with E-state index in [0.717, 1.165) is 38.9 Å². The number of hydrogen-bond acceptors (Lipinski definition) is 4. The molecule has 1 unspecified atom stereocenters. The van der Waals surface area contributed by atoms with Crippen molar-refractivity contribution in [3.8, 4) is 5.75 Å². The van der Waals surface area contributed by atoms with E-state index in [0.29, 0.717) is 19.0 Å². The number of hydrogen-bond donors (Lipinski definition) is 0. The van der Waals surface area contributed by atoms with Gasteiger partial charge in [-0.1, -0.05) is 0 Å². The molecule has 4 nitrogen and oxygen atoms in total. The lowest BCUT2D eigenvalue weighted by atomic mass is 9.98. The molecule has 1 fully saturated rings. The molecule has 0 spiro atoms. The Kier molecular flexibility index (Phi) is 6.65. The van der Waals surface area contributed by atoms with Crippen LogP contribution in [-0.2, 0) is 9.53 Å². The van der Waals surface area contributed by atoms with Crippen molar-refractivity contribution in [3.63, 3.8) is 0 Å². The Hall–Kier alpha value is -1.62. The van der Waals surface area contributed by atoms with E-state index in [1.807, 2.05) is 6.92 Å². The Morgan fingerprint density at radius 3 is 2.86 bits per heavy atom. The summed E-state index contributed by atoms with van der Waals surface area (Å²) in [6.45, 7) is 5.57. The number of benzene rings is 1. The highest BCUT2D eigenvalue weighted by Gasteiger charge is 2.26. The number of carbonyl (C=O) groups is 1. The van der Waals surface area contributed by atoms with Crippen molar-refractivity contribution in [2.45, 2.75) is 26.2 Å². The largest absolute Gasteiger partial charge is 0.494 e. The molecule has 0 aliphatic carbocycles. The molecule has 0 bridgehead atoms. The maximum Gasteiger partial charge on any atom is 0.310 e. The Morgan fingerprint density at radius 1 is 1.36 bits per heavy atom. The first-order valence-corrected chi connectivity index (χ1v) is 7.96. The minimum atomic E-state index is -0.259. The molecule has 0 saturated carbocycles. The number of rotatable bonds is 7. The maximum atomic E-state index is 12.8. The molecule has 1 aliphatic rings. The maximum absolute atomic E-state index is 12.8. The molecule has 0 amide bonds. The zero-order valence-corrected chi connectivity index (χ0v) is 13.1. The molecule has 2 rings (SSSR count). The highest BCUT2D eigenvalue weighted by atomic mass is 19.1. The van der Waals surface area contributed by atoms with Crippen LogP contribution >= 0.6 is 0 Å². The van der Waals surface area contributed by atoms with Crippen molar-refractivity contribution in [2.75, 3.05) is 32.8 Å². The minimum absolute atomic E-state index is 0.00622. The SMILES string of the molecule is CCOC(=O)C1CCCN(CCCOc2ccc(F)cc2)C1. The molecular weight excluding hydrogens is 285 g/mol. The van der Waals surface area contributed by atoms with Gasteiger partial charge in [0, 0.05) is 13.1 Å². The van der Waals surface area contributed by atoms with Crippen molar-refractivity contribution in [2.24, 2.45) is 5.92 Å². The van der Waals surface area contributed by atoms with Gasteiger partial charge in [-0.2, -0.15) is 0 Å². The van der Waals surface area contributed by atoms with Crippen LogP contribution in [0.3, 0.4) is 0 Å². The monoisotopic (exact) mass is 309 g/mol. The summed E-state index contributed by atoms with van der Waals surface area (Å²) in [6, 6.07) is 6.05. The van der Waals surface area contributed by atoms with Gasteiger partial charge in [0.25, 0.3) is 0 Å². The van der Waals surface area contributed by atoms with Crippen molar-refractivity contribution in [3.05, 3.63) is 30.1 Å². The Balaban J connectivity index is 1.66. The van der Waals surface area contributed by atoms with Crippen LogP contribution in [-0.4, -0.2) is 43.7 Å².